The third kappa shape index (κ3) is 7.85. The van der Waals surface area contributed by atoms with E-state index in [1.165, 1.54) is 24.3 Å². The van der Waals surface area contributed by atoms with E-state index >= 15 is 0 Å². The van der Waals surface area contributed by atoms with E-state index in [1.54, 1.807) is 24.3 Å². The number of hydrogen-bond acceptors (Lipinski definition) is 3. The van der Waals surface area contributed by atoms with E-state index in [4.69, 9.17) is 4.74 Å². The summed E-state index contributed by atoms with van der Waals surface area (Å²) < 4.78 is 29.7. The molecule has 1 heterocycles. The van der Waals surface area contributed by atoms with Gasteiger partial charge >= 0.3 is 29.6 Å². The predicted molar refractivity (Wildman–Crippen MR) is 82.2 cm³/mol. The van der Waals surface area contributed by atoms with Crippen LogP contribution in [0.2, 0.25) is 0 Å². The van der Waals surface area contributed by atoms with Crippen molar-refractivity contribution in [2.45, 2.75) is 12.2 Å². The molecule has 120 valence electrons. The minimum absolute atomic E-state index is 0. The number of halogens is 3. The second-order valence-corrected chi connectivity index (χ2v) is 5.24. The maximum Gasteiger partial charge on any atom is 1.00 e. The van der Waals surface area contributed by atoms with Crippen LogP contribution in [0, 0.1) is 11.6 Å². The Kier molecular flexibility index (Phi) is 11.1. The molecular weight excluding hydrogens is 381 g/mol. The van der Waals surface area contributed by atoms with Crippen LogP contribution in [0.5, 0.6) is 0 Å². The first-order valence-corrected chi connectivity index (χ1v) is 7.59. The summed E-state index contributed by atoms with van der Waals surface area (Å²) in [6.45, 7) is 0.783. The van der Waals surface area contributed by atoms with Crippen molar-refractivity contribution in [1.29, 1.82) is 0 Å². The number of benzene rings is 2. The van der Waals surface area contributed by atoms with E-state index in [2.05, 4.69) is 15.9 Å². The zero-order chi connectivity index (χ0) is 15.2. The van der Waals surface area contributed by atoms with Gasteiger partial charge in [0, 0.05) is 5.33 Å². The average Bonchev–Trinajstić information content (AvgIpc) is 3.33. The summed E-state index contributed by atoms with van der Waals surface area (Å²) >= 11 is 3.13. The van der Waals surface area contributed by atoms with Crippen LogP contribution >= 0.6 is 15.9 Å². The molecule has 7 heteroatoms. The van der Waals surface area contributed by atoms with Crippen molar-refractivity contribution in [3.05, 3.63) is 71.3 Å². The van der Waals surface area contributed by atoms with Crippen LogP contribution in [0.1, 0.15) is 23.3 Å². The molecule has 0 saturated carbocycles. The van der Waals surface area contributed by atoms with E-state index in [1.807, 2.05) is 0 Å². The van der Waals surface area contributed by atoms with Crippen LogP contribution in [0.4, 0.5) is 8.78 Å². The summed E-state index contributed by atoms with van der Waals surface area (Å²) in [4.78, 5) is 0. The van der Waals surface area contributed by atoms with Gasteiger partial charge in [0.05, 0.1) is 12.7 Å². The molecule has 2 atom stereocenters. The van der Waals surface area contributed by atoms with Gasteiger partial charge in [-0.1, -0.05) is 40.2 Å². The van der Waals surface area contributed by atoms with Gasteiger partial charge in [-0.3, -0.25) is 0 Å². The van der Waals surface area contributed by atoms with E-state index in [-0.39, 0.29) is 52.8 Å². The van der Waals surface area contributed by atoms with Gasteiger partial charge in [-0.15, -0.1) is 0 Å². The summed E-state index contributed by atoms with van der Waals surface area (Å²) in [6.07, 6.45) is -0.309. The monoisotopic (exact) mass is 396 g/mol. The normalized spacial score (nSPS) is 16.1. The molecule has 23 heavy (non-hydrogen) atoms. The Morgan fingerprint density at radius 2 is 1.48 bits per heavy atom. The van der Waals surface area contributed by atoms with Crippen LogP contribution in [-0.2, 0) is 4.74 Å². The zero-order valence-corrected chi connectivity index (χ0v) is 16.2. The molecule has 2 N–H and O–H groups in total. The van der Waals surface area contributed by atoms with Gasteiger partial charge < -0.3 is 15.3 Å². The van der Waals surface area contributed by atoms with Crippen molar-refractivity contribution in [2.75, 3.05) is 11.9 Å². The summed E-state index contributed by atoms with van der Waals surface area (Å²) in [7, 11) is 0. The fourth-order valence-electron chi connectivity index (χ4n) is 1.69. The number of ether oxygens (including phenoxy) is 1. The SMILES string of the molecule is Fc1ccc([C@@H]2CO2)cc1.O[C@@H](CBr)c1ccc(F)cc1.[Na+].[OH-]. The topological polar surface area (TPSA) is 62.8 Å². The van der Waals surface area contributed by atoms with E-state index in [0.29, 0.717) is 5.33 Å². The first-order chi connectivity index (χ1) is 10.1. The molecule has 2 aromatic rings. The maximum atomic E-state index is 12.4. The molecule has 1 fully saturated rings. The summed E-state index contributed by atoms with van der Waals surface area (Å²) in [6, 6.07) is 12.2. The van der Waals surface area contributed by atoms with Crippen LogP contribution < -0.4 is 29.6 Å². The van der Waals surface area contributed by atoms with E-state index in [9.17, 15) is 13.9 Å². The van der Waals surface area contributed by atoms with Crippen LogP contribution in [-0.4, -0.2) is 22.5 Å². The molecule has 3 rings (SSSR count). The standard InChI is InChI=1S/C8H8BrFO.C8H7FO.Na.H2O/c9-5-8(11)6-1-3-7(10)4-2-6;9-7-3-1-6(2-4-7)8-5-10-8;;/h1-4,8,11H,5H2;1-4,8H,5H2;;1H2/q;;+1;/p-1/t2*8-;;/m00../s1. The average molecular weight is 397 g/mol. The van der Waals surface area contributed by atoms with Crippen molar-refractivity contribution in [1.82, 2.24) is 0 Å². The summed E-state index contributed by atoms with van der Waals surface area (Å²) in [5.74, 6) is -0.472. The Morgan fingerprint density at radius 3 is 1.87 bits per heavy atom. The van der Waals surface area contributed by atoms with Crippen LogP contribution in [0.25, 0.3) is 0 Å². The Morgan fingerprint density at radius 1 is 1.04 bits per heavy atom. The fraction of sp³-hybridized carbons (Fsp3) is 0.250. The minimum atomic E-state index is -0.546. The molecule has 3 nitrogen and oxygen atoms in total. The quantitative estimate of drug-likeness (QED) is 0.477. The second-order valence-electron chi connectivity index (χ2n) is 4.60. The molecule has 0 amide bonds. The minimum Gasteiger partial charge on any atom is -0.870 e. The third-order valence-corrected chi connectivity index (χ3v) is 3.59. The third-order valence-electron chi connectivity index (χ3n) is 2.98. The van der Waals surface area contributed by atoms with Gasteiger partial charge in [-0.25, -0.2) is 8.78 Å². The molecule has 1 aliphatic heterocycles. The van der Waals surface area contributed by atoms with Crippen LogP contribution in [0.15, 0.2) is 48.5 Å². The van der Waals surface area contributed by atoms with Gasteiger partial charge in [0.1, 0.15) is 17.7 Å². The molecule has 1 aliphatic rings. The number of rotatable bonds is 3. The Labute approximate surface area is 164 Å². The van der Waals surface area contributed by atoms with Crippen LogP contribution in [0.3, 0.4) is 0 Å². The van der Waals surface area contributed by atoms with Gasteiger partial charge in [0.2, 0.25) is 0 Å². The van der Waals surface area contributed by atoms with Gasteiger partial charge in [-0.05, 0) is 35.4 Å². The Bertz CT molecular complexity index is 563. The smallest absolute Gasteiger partial charge is 0.870 e. The number of alkyl halides is 1. The molecule has 0 spiro atoms. The van der Waals surface area contributed by atoms with Crippen molar-refractivity contribution in [3.63, 3.8) is 0 Å². The number of hydrogen-bond donors (Lipinski definition) is 1. The van der Waals surface area contributed by atoms with Gasteiger partial charge in [0.15, 0.2) is 0 Å². The first kappa shape index (κ1) is 22.7. The zero-order valence-electron chi connectivity index (χ0n) is 12.6. The molecule has 1 saturated heterocycles. The van der Waals surface area contributed by atoms with Crippen molar-refractivity contribution in [3.8, 4) is 0 Å². The Hall–Kier alpha value is -0.340. The molecule has 2 aromatic carbocycles. The second kappa shape index (κ2) is 11.3. The fourth-order valence-corrected chi connectivity index (χ4v) is 2.07. The van der Waals surface area contributed by atoms with E-state index < -0.39 is 6.10 Å². The van der Waals surface area contributed by atoms with Crippen molar-refractivity contribution < 1.29 is 53.7 Å². The summed E-state index contributed by atoms with van der Waals surface area (Å²) in [5.41, 5.74) is 1.80. The van der Waals surface area contributed by atoms with Crippen molar-refractivity contribution >= 4 is 15.9 Å². The first-order valence-electron chi connectivity index (χ1n) is 6.46. The summed E-state index contributed by atoms with van der Waals surface area (Å²) in [5, 5.41) is 9.72. The molecule has 0 bridgehead atoms. The molecule has 0 aliphatic carbocycles. The molecule has 0 unspecified atom stereocenters. The largest absolute Gasteiger partial charge is 1.00 e. The maximum absolute atomic E-state index is 12.4. The molecule has 0 radical (unpaired) electrons. The number of aliphatic hydroxyl groups excluding tert-OH is 1. The number of epoxide rings is 1. The molecular formula is C16H16BrF2NaO3. The molecule has 0 aromatic heterocycles. The van der Waals surface area contributed by atoms with E-state index in [0.717, 1.165) is 17.7 Å². The van der Waals surface area contributed by atoms with Crippen molar-refractivity contribution in [2.24, 2.45) is 0 Å². The number of aliphatic hydroxyl groups is 1. The van der Waals surface area contributed by atoms with Gasteiger partial charge in [-0.2, -0.15) is 0 Å². The predicted octanol–water partition coefficient (Wildman–Crippen LogP) is 0.978. The van der Waals surface area contributed by atoms with Gasteiger partial charge in [0.25, 0.3) is 0 Å². The Balaban J connectivity index is 0.000000388.